The fourth-order valence-corrected chi connectivity index (χ4v) is 6.20. The van der Waals surface area contributed by atoms with E-state index >= 15 is 0 Å². The van der Waals surface area contributed by atoms with Gasteiger partial charge in [0.05, 0.1) is 35.5 Å². The highest BCUT2D eigenvalue weighted by Gasteiger charge is 2.44. The van der Waals surface area contributed by atoms with Crippen LogP contribution in [0.15, 0.2) is 48.5 Å². The highest BCUT2D eigenvalue weighted by molar-refractivity contribution is 5.62. The third kappa shape index (κ3) is 3.94. The first-order valence-corrected chi connectivity index (χ1v) is 12.4. The smallest absolute Gasteiger partial charge is 0.203 e. The van der Waals surface area contributed by atoms with Gasteiger partial charge < -0.3 is 23.7 Å². The Morgan fingerprint density at radius 3 is 1.94 bits per heavy atom. The van der Waals surface area contributed by atoms with Crippen molar-refractivity contribution in [2.45, 2.75) is 44.3 Å². The number of rotatable bonds is 7. The average Bonchev–Trinajstić information content (AvgIpc) is 2.91. The molecule has 6 heteroatoms. The number of hydrogen-bond acceptors (Lipinski definition) is 6. The minimum absolute atomic E-state index is 0.173. The largest absolute Gasteiger partial charge is 0.493 e. The maximum Gasteiger partial charge on any atom is 0.203 e. The summed E-state index contributed by atoms with van der Waals surface area (Å²) in [5, 5.41) is 0. The summed E-state index contributed by atoms with van der Waals surface area (Å²) >= 11 is 0. The molecule has 190 valence electrons. The summed E-state index contributed by atoms with van der Waals surface area (Å²) in [7, 11) is 8.46. The zero-order valence-electron chi connectivity index (χ0n) is 22.0. The molecule has 0 N–H and O–H groups in total. The lowest BCUT2D eigenvalue weighted by Gasteiger charge is -2.48. The molecule has 3 atom stereocenters. The maximum absolute atomic E-state index is 5.95. The second-order valence-corrected chi connectivity index (χ2v) is 9.63. The van der Waals surface area contributed by atoms with Crippen LogP contribution in [-0.4, -0.2) is 40.4 Å². The first kappa shape index (κ1) is 24.3. The molecule has 0 unspecified atom stereocenters. The van der Waals surface area contributed by atoms with E-state index in [4.69, 9.17) is 23.7 Å². The Balaban J connectivity index is 1.73. The summed E-state index contributed by atoms with van der Waals surface area (Å²) in [4.78, 5) is 2.56. The van der Waals surface area contributed by atoms with Crippen LogP contribution in [0.3, 0.4) is 0 Å². The summed E-state index contributed by atoms with van der Waals surface area (Å²) in [5.74, 6) is 4.26. The zero-order valence-corrected chi connectivity index (χ0v) is 22.0. The van der Waals surface area contributed by atoms with E-state index in [0.717, 1.165) is 36.8 Å². The van der Waals surface area contributed by atoms with E-state index < -0.39 is 0 Å². The Morgan fingerprint density at radius 1 is 0.722 bits per heavy atom. The lowest BCUT2D eigenvalue weighted by Crippen LogP contribution is -2.40. The van der Waals surface area contributed by atoms with Crippen molar-refractivity contribution in [3.05, 3.63) is 76.3 Å². The number of hydrogen-bond donors (Lipinski definition) is 0. The molecule has 0 saturated heterocycles. The molecule has 0 spiro atoms. The number of nitrogens with zero attached hydrogens (tertiary/aromatic N) is 1. The third-order valence-electron chi connectivity index (χ3n) is 7.78. The Labute approximate surface area is 213 Å². The summed E-state index contributed by atoms with van der Waals surface area (Å²) in [6.45, 7) is 3.85. The van der Waals surface area contributed by atoms with E-state index in [2.05, 4.69) is 60.4 Å². The molecular weight excluding hydrogens is 454 g/mol. The second-order valence-electron chi connectivity index (χ2n) is 9.63. The number of fused-ring (bicyclic) bond motifs is 5. The van der Waals surface area contributed by atoms with Gasteiger partial charge in [-0.25, -0.2) is 0 Å². The van der Waals surface area contributed by atoms with Gasteiger partial charge >= 0.3 is 0 Å². The van der Waals surface area contributed by atoms with Gasteiger partial charge in [0.15, 0.2) is 23.0 Å². The predicted molar refractivity (Wildman–Crippen MR) is 140 cm³/mol. The van der Waals surface area contributed by atoms with E-state index in [1.165, 1.54) is 27.8 Å². The average molecular weight is 490 g/mol. The van der Waals surface area contributed by atoms with Crippen LogP contribution >= 0.6 is 0 Å². The maximum atomic E-state index is 5.95. The van der Waals surface area contributed by atoms with Gasteiger partial charge in [-0.3, -0.25) is 4.90 Å². The van der Waals surface area contributed by atoms with Crippen LogP contribution < -0.4 is 23.7 Å². The van der Waals surface area contributed by atoms with E-state index in [9.17, 15) is 0 Å². The molecule has 0 fully saturated rings. The van der Waals surface area contributed by atoms with E-state index in [0.29, 0.717) is 17.4 Å². The van der Waals surface area contributed by atoms with Gasteiger partial charge in [-0.2, -0.15) is 0 Å². The third-order valence-corrected chi connectivity index (χ3v) is 7.78. The van der Waals surface area contributed by atoms with Gasteiger partial charge in [0, 0.05) is 30.6 Å². The number of ether oxygens (including phenoxy) is 5. The van der Waals surface area contributed by atoms with Crippen molar-refractivity contribution in [3.8, 4) is 28.7 Å². The van der Waals surface area contributed by atoms with Crippen LogP contribution in [0.2, 0.25) is 0 Å². The number of methoxy groups -OCH3 is 5. The second kappa shape index (κ2) is 9.94. The summed E-state index contributed by atoms with van der Waals surface area (Å²) in [5.41, 5.74) is 6.34. The van der Waals surface area contributed by atoms with Gasteiger partial charge in [-0.1, -0.05) is 37.3 Å². The fourth-order valence-electron chi connectivity index (χ4n) is 6.20. The molecule has 0 radical (unpaired) electrons. The standard InChI is InChI=1S/C30H35NO5/c1-18-12-22-21-14-27(34-4)30(36-6)29(35-5)24(21)17-31(16-19-10-8-7-9-11-19)28(22)23-15-26(33-3)25(32-2)13-20(18)23/h7-11,13-15,18,22,28H,12,16-17H2,1-6H3/t18-,22-,28-/m0/s1. The lowest BCUT2D eigenvalue weighted by molar-refractivity contribution is 0.117. The van der Waals surface area contributed by atoms with Crippen LogP contribution in [0.5, 0.6) is 28.7 Å². The molecule has 1 heterocycles. The van der Waals surface area contributed by atoms with E-state index in [1.807, 2.05) is 0 Å². The molecule has 1 aliphatic carbocycles. The monoisotopic (exact) mass is 489 g/mol. The molecule has 5 rings (SSSR count). The molecule has 36 heavy (non-hydrogen) atoms. The summed E-state index contributed by atoms with van der Waals surface area (Å²) in [6.07, 6.45) is 1.00. The highest BCUT2D eigenvalue weighted by Crippen LogP contribution is 2.58. The Morgan fingerprint density at radius 2 is 1.33 bits per heavy atom. The van der Waals surface area contributed by atoms with Crippen LogP contribution in [0.4, 0.5) is 0 Å². The van der Waals surface area contributed by atoms with Crippen molar-refractivity contribution in [1.29, 1.82) is 0 Å². The molecule has 3 aromatic carbocycles. The molecular formula is C30H35NO5. The van der Waals surface area contributed by atoms with E-state index in [-0.39, 0.29) is 12.0 Å². The molecule has 3 aromatic rings. The molecule has 0 bridgehead atoms. The normalized spacial score (nSPS) is 20.6. The minimum Gasteiger partial charge on any atom is -0.493 e. The van der Waals surface area contributed by atoms with Gasteiger partial charge in [0.2, 0.25) is 5.75 Å². The van der Waals surface area contributed by atoms with Gasteiger partial charge in [0.1, 0.15) is 0 Å². The minimum atomic E-state index is 0.173. The molecule has 6 nitrogen and oxygen atoms in total. The molecule has 0 saturated carbocycles. The number of benzene rings is 3. The van der Waals surface area contributed by atoms with Crippen molar-refractivity contribution < 1.29 is 23.7 Å². The van der Waals surface area contributed by atoms with Crippen molar-refractivity contribution >= 4 is 0 Å². The van der Waals surface area contributed by atoms with Crippen molar-refractivity contribution in [2.75, 3.05) is 35.5 Å². The topological polar surface area (TPSA) is 49.4 Å². The Kier molecular flexibility index (Phi) is 6.71. The first-order valence-electron chi connectivity index (χ1n) is 12.4. The van der Waals surface area contributed by atoms with Crippen molar-refractivity contribution in [3.63, 3.8) is 0 Å². The van der Waals surface area contributed by atoms with Gasteiger partial charge in [-0.15, -0.1) is 0 Å². The lowest BCUT2D eigenvalue weighted by atomic mass is 9.68. The molecule has 1 aliphatic heterocycles. The van der Waals surface area contributed by atoms with Crippen LogP contribution in [0.1, 0.15) is 59.0 Å². The summed E-state index contributed by atoms with van der Waals surface area (Å²) in [6, 6.07) is 17.3. The van der Waals surface area contributed by atoms with E-state index in [1.54, 1.807) is 35.5 Å². The molecule has 0 amide bonds. The predicted octanol–water partition coefficient (Wildman–Crippen LogP) is 6.08. The Bertz CT molecular complexity index is 1240. The highest BCUT2D eigenvalue weighted by atomic mass is 16.5. The van der Waals surface area contributed by atoms with Crippen LogP contribution in [0.25, 0.3) is 0 Å². The summed E-state index contributed by atoms with van der Waals surface area (Å²) < 4.78 is 28.9. The van der Waals surface area contributed by atoms with Crippen LogP contribution in [-0.2, 0) is 13.1 Å². The molecule has 2 aliphatic rings. The molecule has 0 aromatic heterocycles. The Hall–Kier alpha value is -3.38. The quantitative estimate of drug-likeness (QED) is 0.401. The zero-order chi connectivity index (χ0) is 25.4. The van der Waals surface area contributed by atoms with Gasteiger partial charge in [-0.05, 0) is 52.8 Å². The van der Waals surface area contributed by atoms with Gasteiger partial charge in [0.25, 0.3) is 0 Å². The van der Waals surface area contributed by atoms with Crippen molar-refractivity contribution in [2.24, 2.45) is 0 Å². The van der Waals surface area contributed by atoms with Crippen LogP contribution in [0, 0.1) is 0 Å². The SMILES string of the molecule is COc1cc2c(cc1OC)[C@@H](C)C[C@H]1c3cc(OC)c(OC)c(OC)c3CN(Cc3ccccc3)[C@H]21. The van der Waals surface area contributed by atoms with Crippen molar-refractivity contribution in [1.82, 2.24) is 4.90 Å². The fraction of sp³-hybridized carbons (Fsp3) is 0.400. The first-order chi connectivity index (χ1) is 17.5.